The van der Waals surface area contributed by atoms with Gasteiger partial charge in [-0.1, -0.05) is 33.3 Å². The molecular formula is C14H25NO2. The van der Waals surface area contributed by atoms with Crippen molar-refractivity contribution in [2.45, 2.75) is 58.9 Å². The zero-order chi connectivity index (χ0) is 12.9. The number of nitrogens with one attached hydrogen (secondary N) is 1. The molecule has 0 amide bonds. The predicted molar refractivity (Wildman–Crippen MR) is 70.0 cm³/mol. The van der Waals surface area contributed by atoms with Gasteiger partial charge in [-0.15, -0.1) is 0 Å². The number of carboxylic acid groups (broad SMARTS) is 1. The third-order valence-corrected chi connectivity index (χ3v) is 3.62. The molecule has 0 aliphatic heterocycles. The van der Waals surface area contributed by atoms with Crippen molar-refractivity contribution in [2.75, 3.05) is 6.54 Å². The first-order valence-electron chi connectivity index (χ1n) is 6.60. The Balaban J connectivity index is 2.38. The molecular weight excluding hydrogens is 214 g/mol. The van der Waals surface area contributed by atoms with Crippen molar-refractivity contribution in [1.29, 1.82) is 0 Å². The van der Waals surface area contributed by atoms with Crippen LogP contribution in [0.5, 0.6) is 0 Å². The summed E-state index contributed by atoms with van der Waals surface area (Å²) in [6.07, 6.45) is 7.38. The van der Waals surface area contributed by atoms with E-state index in [1.165, 1.54) is 25.7 Å². The minimum absolute atomic E-state index is 0.431. The summed E-state index contributed by atoms with van der Waals surface area (Å²) >= 11 is 0. The summed E-state index contributed by atoms with van der Waals surface area (Å²) in [5.74, 6) is -0.793. The van der Waals surface area contributed by atoms with Crippen LogP contribution in [0.15, 0.2) is 11.6 Å². The third-order valence-electron chi connectivity index (χ3n) is 3.62. The summed E-state index contributed by atoms with van der Waals surface area (Å²) in [6.45, 7) is 7.18. The molecule has 1 aliphatic carbocycles. The molecule has 98 valence electrons. The molecule has 0 heterocycles. The number of rotatable bonds is 5. The maximum atomic E-state index is 10.8. The molecule has 17 heavy (non-hydrogen) atoms. The Labute approximate surface area is 104 Å². The van der Waals surface area contributed by atoms with Gasteiger partial charge in [-0.2, -0.15) is 0 Å². The number of carboxylic acids is 1. The highest BCUT2D eigenvalue weighted by Crippen LogP contribution is 2.34. The van der Waals surface area contributed by atoms with Crippen LogP contribution in [-0.4, -0.2) is 23.7 Å². The maximum absolute atomic E-state index is 10.8. The second kappa shape index (κ2) is 6.20. The van der Waals surface area contributed by atoms with Crippen LogP contribution in [0, 0.1) is 5.41 Å². The van der Waals surface area contributed by atoms with E-state index >= 15 is 0 Å². The quantitative estimate of drug-likeness (QED) is 0.725. The molecule has 0 saturated heterocycles. The molecule has 1 aliphatic rings. The van der Waals surface area contributed by atoms with Crippen LogP contribution in [0.3, 0.4) is 0 Å². The second-order valence-electron chi connectivity index (χ2n) is 5.75. The number of hydrogen-bond donors (Lipinski definition) is 2. The van der Waals surface area contributed by atoms with Crippen LogP contribution in [0.1, 0.15) is 52.9 Å². The Bertz CT molecular complexity index is 295. The largest absolute Gasteiger partial charge is 0.478 e. The van der Waals surface area contributed by atoms with Gasteiger partial charge in [-0.3, -0.25) is 0 Å². The van der Waals surface area contributed by atoms with Gasteiger partial charge in [0, 0.05) is 18.2 Å². The number of hydrogen-bond acceptors (Lipinski definition) is 2. The average Bonchev–Trinajstić information content (AvgIpc) is 2.22. The fourth-order valence-electron chi connectivity index (χ4n) is 2.60. The van der Waals surface area contributed by atoms with Gasteiger partial charge in [0.05, 0.1) is 0 Å². The summed E-state index contributed by atoms with van der Waals surface area (Å²) in [5, 5.41) is 12.4. The van der Waals surface area contributed by atoms with Crippen LogP contribution >= 0.6 is 0 Å². The lowest BCUT2D eigenvalue weighted by molar-refractivity contribution is -0.132. The molecule has 3 heteroatoms. The van der Waals surface area contributed by atoms with Gasteiger partial charge < -0.3 is 10.4 Å². The van der Waals surface area contributed by atoms with Crippen molar-refractivity contribution in [2.24, 2.45) is 5.41 Å². The molecule has 1 saturated carbocycles. The van der Waals surface area contributed by atoms with Gasteiger partial charge in [0.1, 0.15) is 0 Å². The van der Waals surface area contributed by atoms with Crippen LogP contribution in [-0.2, 0) is 4.79 Å². The van der Waals surface area contributed by atoms with E-state index in [4.69, 9.17) is 5.11 Å². The van der Waals surface area contributed by atoms with Crippen LogP contribution in [0.4, 0.5) is 0 Å². The first-order valence-corrected chi connectivity index (χ1v) is 6.60. The zero-order valence-electron chi connectivity index (χ0n) is 11.3. The fraction of sp³-hybridized carbons (Fsp3) is 0.786. The van der Waals surface area contributed by atoms with Gasteiger partial charge in [-0.25, -0.2) is 4.79 Å². The molecule has 2 N–H and O–H groups in total. The second-order valence-corrected chi connectivity index (χ2v) is 5.75. The van der Waals surface area contributed by atoms with E-state index < -0.39 is 5.97 Å². The van der Waals surface area contributed by atoms with Gasteiger partial charge in [0.25, 0.3) is 0 Å². The van der Waals surface area contributed by atoms with Crippen molar-refractivity contribution in [3.05, 3.63) is 11.6 Å². The van der Waals surface area contributed by atoms with Crippen molar-refractivity contribution >= 4 is 5.97 Å². The lowest BCUT2D eigenvalue weighted by Gasteiger charge is -2.35. The minimum Gasteiger partial charge on any atom is -0.478 e. The first-order chi connectivity index (χ1) is 7.94. The van der Waals surface area contributed by atoms with E-state index in [2.05, 4.69) is 19.2 Å². The summed E-state index contributed by atoms with van der Waals surface area (Å²) in [6, 6.07) is 0.543. The van der Waals surface area contributed by atoms with E-state index in [9.17, 15) is 4.79 Å². The molecule has 3 nitrogen and oxygen atoms in total. The first kappa shape index (κ1) is 14.2. The van der Waals surface area contributed by atoms with Gasteiger partial charge in [0.2, 0.25) is 0 Å². The normalized spacial score (nSPS) is 24.6. The molecule has 0 bridgehead atoms. The van der Waals surface area contributed by atoms with Crippen molar-refractivity contribution in [3.8, 4) is 0 Å². The van der Waals surface area contributed by atoms with E-state index in [-0.39, 0.29) is 0 Å². The van der Waals surface area contributed by atoms with Crippen molar-refractivity contribution in [3.63, 3.8) is 0 Å². The topological polar surface area (TPSA) is 49.3 Å². The maximum Gasteiger partial charge on any atom is 0.331 e. The lowest BCUT2D eigenvalue weighted by atomic mass is 9.75. The van der Waals surface area contributed by atoms with Crippen LogP contribution < -0.4 is 5.32 Å². The Morgan fingerprint density at radius 3 is 2.76 bits per heavy atom. The zero-order valence-corrected chi connectivity index (χ0v) is 11.3. The average molecular weight is 239 g/mol. The standard InChI is InChI=1S/C14H25NO2/c1-4-11(13(16)17)7-9-15-12-6-5-8-14(2,3)10-12/h7,12,15H,4-6,8-10H2,1-3H3,(H,16,17). The highest BCUT2D eigenvalue weighted by atomic mass is 16.4. The van der Waals surface area contributed by atoms with Gasteiger partial charge in [-0.05, 0) is 31.1 Å². The Morgan fingerprint density at radius 2 is 2.24 bits per heavy atom. The van der Waals surface area contributed by atoms with E-state index in [0.717, 1.165) is 0 Å². The molecule has 0 aromatic heterocycles. The number of aliphatic carboxylic acids is 1. The highest BCUT2D eigenvalue weighted by molar-refractivity contribution is 5.86. The van der Waals surface area contributed by atoms with Gasteiger partial charge in [0.15, 0.2) is 0 Å². The molecule has 0 spiro atoms. The monoisotopic (exact) mass is 239 g/mol. The highest BCUT2D eigenvalue weighted by Gasteiger charge is 2.27. The lowest BCUT2D eigenvalue weighted by Crippen LogP contribution is -2.37. The fourth-order valence-corrected chi connectivity index (χ4v) is 2.60. The smallest absolute Gasteiger partial charge is 0.331 e. The Hall–Kier alpha value is -0.830. The van der Waals surface area contributed by atoms with Crippen LogP contribution in [0.25, 0.3) is 0 Å². The van der Waals surface area contributed by atoms with E-state index in [1.807, 2.05) is 13.0 Å². The van der Waals surface area contributed by atoms with Crippen LogP contribution in [0.2, 0.25) is 0 Å². The molecule has 0 radical (unpaired) electrons. The minimum atomic E-state index is -0.793. The molecule has 0 aromatic rings. The van der Waals surface area contributed by atoms with Crippen molar-refractivity contribution < 1.29 is 9.90 Å². The van der Waals surface area contributed by atoms with E-state index in [1.54, 1.807) is 0 Å². The van der Waals surface area contributed by atoms with Gasteiger partial charge >= 0.3 is 5.97 Å². The predicted octanol–water partition coefficient (Wildman–Crippen LogP) is 2.97. The molecule has 1 atom stereocenters. The summed E-state index contributed by atoms with van der Waals surface area (Å²) < 4.78 is 0. The summed E-state index contributed by atoms with van der Waals surface area (Å²) in [7, 11) is 0. The summed E-state index contributed by atoms with van der Waals surface area (Å²) in [5.41, 5.74) is 0.938. The SMILES string of the molecule is CCC(=CCNC1CCCC(C)(C)C1)C(=O)O. The third kappa shape index (κ3) is 4.90. The van der Waals surface area contributed by atoms with E-state index in [0.29, 0.717) is 30.0 Å². The molecule has 0 aromatic carbocycles. The molecule has 1 unspecified atom stereocenters. The molecule has 1 rings (SSSR count). The molecule has 1 fully saturated rings. The summed E-state index contributed by atoms with van der Waals surface area (Å²) in [4.78, 5) is 10.8. The van der Waals surface area contributed by atoms with Crippen molar-refractivity contribution in [1.82, 2.24) is 5.32 Å². The Kier molecular flexibility index (Phi) is 5.19. The Morgan fingerprint density at radius 1 is 1.53 bits per heavy atom. The number of carbonyl (C=O) groups is 1.